The number of piperazine rings is 1. The molecule has 1 atom stereocenters. The Morgan fingerprint density at radius 1 is 1.32 bits per heavy atom. The Morgan fingerprint density at radius 2 is 2.05 bits per heavy atom. The van der Waals surface area contributed by atoms with Crippen LogP contribution in [-0.4, -0.2) is 38.7 Å². The van der Waals surface area contributed by atoms with Crippen LogP contribution in [0.15, 0.2) is 18.2 Å². The zero-order chi connectivity index (χ0) is 14.0. The quantitative estimate of drug-likeness (QED) is 0.886. The van der Waals surface area contributed by atoms with Crippen molar-refractivity contribution < 1.29 is 4.74 Å². The van der Waals surface area contributed by atoms with E-state index in [4.69, 9.17) is 4.74 Å². The maximum Gasteiger partial charge on any atom is 0.122 e. The number of nitrogens with zero attached hydrogens (tertiary/aromatic N) is 1. The number of nitrogens with one attached hydrogen (secondary N) is 1. The van der Waals surface area contributed by atoms with Crippen LogP contribution in [0.4, 0.5) is 0 Å². The number of benzene rings is 1. The predicted octanol–water partition coefficient (Wildman–Crippen LogP) is 2.57. The average molecular weight is 262 g/mol. The third kappa shape index (κ3) is 3.28. The van der Waals surface area contributed by atoms with Crippen molar-refractivity contribution in [3.8, 4) is 5.75 Å². The van der Waals surface area contributed by atoms with Crippen molar-refractivity contribution in [3.05, 3.63) is 29.3 Å². The van der Waals surface area contributed by atoms with Gasteiger partial charge >= 0.3 is 0 Å². The van der Waals surface area contributed by atoms with Crippen LogP contribution in [0.2, 0.25) is 0 Å². The molecule has 3 nitrogen and oxygen atoms in total. The minimum Gasteiger partial charge on any atom is -0.496 e. The van der Waals surface area contributed by atoms with Crippen molar-refractivity contribution >= 4 is 0 Å². The summed E-state index contributed by atoms with van der Waals surface area (Å²) in [7, 11) is 3.93. The number of hydrogen-bond acceptors (Lipinski definition) is 3. The van der Waals surface area contributed by atoms with E-state index >= 15 is 0 Å². The smallest absolute Gasteiger partial charge is 0.122 e. The summed E-state index contributed by atoms with van der Waals surface area (Å²) < 4.78 is 5.50. The van der Waals surface area contributed by atoms with Gasteiger partial charge in [0, 0.05) is 25.7 Å². The summed E-state index contributed by atoms with van der Waals surface area (Å²) in [4.78, 5) is 2.38. The lowest BCUT2D eigenvalue weighted by atomic mass is 9.84. The Balaban J connectivity index is 2.32. The molecule has 1 aromatic carbocycles. The molecule has 0 amide bonds. The molecule has 1 N–H and O–H groups in total. The average Bonchev–Trinajstić information content (AvgIpc) is 2.37. The van der Waals surface area contributed by atoms with Gasteiger partial charge in [-0.15, -0.1) is 0 Å². The van der Waals surface area contributed by atoms with Gasteiger partial charge in [-0.25, -0.2) is 0 Å². The van der Waals surface area contributed by atoms with Gasteiger partial charge in [0.1, 0.15) is 5.75 Å². The van der Waals surface area contributed by atoms with Gasteiger partial charge in [-0.2, -0.15) is 0 Å². The van der Waals surface area contributed by atoms with Gasteiger partial charge in [0.15, 0.2) is 0 Å². The summed E-state index contributed by atoms with van der Waals surface area (Å²) in [5.41, 5.74) is 2.74. The molecule has 1 aromatic rings. The molecule has 1 unspecified atom stereocenters. The second-order valence-electron chi connectivity index (χ2n) is 6.48. The molecule has 0 bridgehead atoms. The Hall–Kier alpha value is -1.06. The van der Waals surface area contributed by atoms with E-state index in [0.29, 0.717) is 6.04 Å². The first-order chi connectivity index (χ1) is 8.91. The lowest BCUT2D eigenvalue weighted by molar-refractivity contribution is 0.240. The highest BCUT2D eigenvalue weighted by Gasteiger charge is 2.23. The van der Waals surface area contributed by atoms with E-state index in [0.717, 1.165) is 25.4 Å². The molecule has 3 heteroatoms. The highest BCUT2D eigenvalue weighted by molar-refractivity contribution is 5.42. The summed E-state index contributed by atoms with van der Waals surface area (Å²) in [6, 6.07) is 7.01. The predicted molar refractivity (Wildman–Crippen MR) is 79.9 cm³/mol. The van der Waals surface area contributed by atoms with Crippen molar-refractivity contribution in [2.45, 2.75) is 32.2 Å². The minimum atomic E-state index is 0.0991. The van der Waals surface area contributed by atoms with Crippen LogP contribution in [0.5, 0.6) is 5.75 Å². The Labute approximate surface area is 116 Å². The summed E-state index contributed by atoms with van der Waals surface area (Å²) in [5.74, 6) is 0.986. The highest BCUT2D eigenvalue weighted by Crippen LogP contribution is 2.33. The first-order valence-corrected chi connectivity index (χ1v) is 7.02. The van der Waals surface area contributed by atoms with Gasteiger partial charge in [0.05, 0.1) is 7.11 Å². The molecular weight excluding hydrogens is 236 g/mol. The first kappa shape index (κ1) is 14.4. The Bertz CT molecular complexity index is 437. The summed E-state index contributed by atoms with van der Waals surface area (Å²) >= 11 is 0. The van der Waals surface area contributed by atoms with Gasteiger partial charge in [0.25, 0.3) is 0 Å². The van der Waals surface area contributed by atoms with Crippen molar-refractivity contribution in [2.24, 2.45) is 0 Å². The standard InChI is InChI=1S/C16H26N2O/c1-16(2,3)13-10-12(6-7-15(13)19-5)14-11-18(4)9-8-17-14/h6-7,10,14,17H,8-9,11H2,1-5H3. The second-order valence-corrected chi connectivity index (χ2v) is 6.48. The van der Waals surface area contributed by atoms with Crippen LogP contribution in [0.25, 0.3) is 0 Å². The number of likely N-dealkylation sites (N-methyl/N-ethyl adjacent to an activating group) is 1. The molecule has 1 saturated heterocycles. The fraction of sp³-hybridized carbons (Fsp3) is 0.625. The zero-order valence-corrected chi connectivity index (χ0v) is 12.8. The molecule has 106 valence electrons. The SMILES string of the molecule is COc1ccc(C2CN(C)CCN2)cc1C(C)(C)C. The number of methoxy groups -OCH3 is 1. The maximum atomic E-state index is 5.50. The molecule has 19 heavy (non-hydrogen) atoms. The molecule has 2 rings (SSSR count). The van der Waals surface area contributed by atoms with Crippen LogP contribution in [0, 0.1) is 0 Å². The van der Waals surface area contributed by atoms with E-state index in [1.54, 1.807) is 7.11 Å². The van der Waals surface area contributed by atoms with E-state index in [9.17, 15) is 0 Å². The van der Waals surface area contributed by atoms with E-state index < -0.39 is 0 Å². The fourth-order valence-electron chi connectivity index (χ4n) is 2.65. The topological polar surface area (TPSA) is 24.5 Å². The monoisotopic (exact) mass is 262 g/mol. The van der Waals surface area contributed by atoms with Gasteiger partial charge in [-0.3, -0.25) is 0 Å². The Morgan fingerprint density at radius 3 is 2.63 bits per heavy atom. The van der Waals surface area contributed by atoms with E-state index in [-0.39, 0.29) is 5.41 Å². The molecular formula is C16H26N2O. The van der Waals surface area contributed by atoms with Gasteiger partial charge < -0.3 is 15.0 Å². The molecule has 1 fully saturated rings. The van der Waals surface area contributed by atoms with Gasteiger partial charge in [-0.1, -0.05) is 26.8 Å². The number of rotatable bonds is 2. The van der Waals surface area contributed by atoms with Crippen LogP contribution >= 0.6 is 0 Å². The van der Waals surface area contributed by atoms with E-state index in [2.05, 4.69) is 56.2 Å². The maximum absolute atomic E-state index is 5.50. The van der Waals surface area contributed by atoms with E-state index in [1.165, 1.54) is 11.1 Å². The minimum absolute atomic E-state index is 0.0991. The molecule has 1 aliphatic rings. The summed E-state index contributed by atoms with van der Waals surface area (Å²) in [6.07, 6.45) is 0. The number of hydrogen-bond donors (Lipinski definition) is 1. The van der Waals surface area contributed by atoms with Crippen molar-refractivity contribution in [1.29, 1.82) is 0 Å². The van der Waals surface area contributed by atoms with Crippen LogP contribution in [0.1, 0.15) is 37.9 Å². The first-order valence-electron chi connectivity index (χ1n) is 7.02. The molecule has 1 aliphatic heterocycles. The highest BCUT2D eigenvalue weighted by atomic mass is 16.5. The second kappa shape index (κ2) is 5.51. The molecule has 0 radical (unpaired) electrons. The zero-order valence-electron chi connectivity index (χ0n) is 12.8. The summed E-state index contributed by atoms with van der Waals surface area (Å²) in [6.45, 7) is 9.94. The van der Waals surface area contributed by atoms with Crippen molar-refractivity contribution in [2.75, 3.05) is 33.8 Å². The van der Waals surface area contributed by atoms with Crippen LogP contribution in [-0.2, 0) is 5.41 Å². The lowest BCUT2D eigenvalue weighted by Crippen LogP contribution is -2.43. The van der Waals surface area contributed by atoms with Crippen LogP contribution in [0.3, 0.4) is 0 Å². The molecule has 0 saturated carbocycles. The lowest BCUT2D eigenvalue weighted by Gasteiger charge is -2.32. The molecule has 0 aromatic heterocycles. The third-order valence-electron chi connectivity index (χ3n) is 3.81. The fourth-order valence-corrected chi connectivity index (χ4v) is 2.65. The largest absolute Gasteiger partial charge is 0.496 e. The van der Waals surface area contributed by atoms with Gasteiger partial charge in [0.2, 0.25) is 0 Å². The Kier molecular flexibility index (Phi) is 4.16. The number of ether oxygens (including phenoxy) is 1. The van der Waals surface area contributed by atoms with Crippen molar-refractivity contribution in [3.63, 3.8) is 0 Å². The third-order valence-corrected chi connectivity index (χ3v) is 3.81. The molecule has 0 spiro atoms. The van der Waals surface area contributed by atoms with Crippen molar-refractivity contribution in [1.82, 2.24) is 10.2 Å². The van der Waals surface area contributed by atoms with Crippen LogP contribution < -0.4 is 10.1 Å². The van der Waals surface area contributed by atoms with E-state index in [1.807, 2.05) is 0 Å². The molecule has 1 heterocycles. The molecule has 0 aliphatic carbocycles. The normalized spacial score (nSPS) is 21.4. The van der Waals surface area contributed by atoms with Gasteiger partial charge in [-0.05, 0) is 35.7 Å². The summed E-state index contributed by atoms with van der Waals surface area (Å²) in [5, 5.41) is 3.60.